The number of carbonyl (C=O) groups excluding carboxylic acids is 3. The van der Waals surface area contributed by atoms with Crippen molar-refractivity contribution in [3.63, 3.8) is 0 Å². The van der Waals surface area contributed by atoms with E-state index < -0.39 is 24.3 Å². The molecule has 0 unspecified atom stereocenters. The molecule has 0 saturated heterocycles. The van der Waals surface area contributed by atoms with Crippen LogP contribution in [-0.2, 0) is 16.1 Å². The molecule has 0 heterocycles. The van der Waals surface area contributed by atoms with E-state index in [-0.39, 0.29) is 12.1 Å². The zero-order chi connectivity index (χ0) is 17.9. The van der Waals surface area contributed by atoms with E-state index in [1.54, 1.807) is 17.6 Å². The molecule has 0 bridgehead atoms. The van der Waals surface area contributed by atoms with Gasteiger partial charge in [-0.3, -0.25) is 20.4 Å². The van der Waals surface area contributed by atoms with Crippen LogP contribution in [0.2, 0.25) is 0 Å². The second-order valence-electron chi connectivity index (χ2n) is 4.78. The van der Waals surface area contributed by atoms with Gasteiger partial charge in [-0.2, -0.15) is 8.78 Å². The molecule has 0 aliphatic heterocycles. The summed E-state index contributed by atoms with van der Waals surface area (Å²) in [5.41, 5.74) is 4.35. The van der Waals surface area contributed by atoms with Gasteiger partial charge in [0.25, 0.3) is 5.91 Å². The number of nitrogens with one attached hydrogen (secondary N) is 3. The van der Waals surface area contributed by atoms with Crippen LogP contribution < -0.4 is 16.2 Å². The summed E-state index contributed by atoms with van der Waals surface area (Å²) in [7, 11) is 0. The summed E-state index contributed by atoms with van der Waals surface area (Å²) in [6.07, 6.45) is -2.02. The first kappa shape index (κ1) is 19.3. The number of alkyl carbamates (subject to hydrolysis) is 1. The third-order valence-corrected chi connectivity index (χ3v) is 2.88. The minimum absolute atomic E-state index is 0.166. The van der Waals surface area contributed by atoms with Crippen LogP contribution in [0.25, 0.3) is 0 Å². The van der Waals surface area contributed by atoms with Gasteiger partial charge in [-0.25, -0.2) is 4.79 Å². The summed E-state index contributed by atoms with van der Waals surface area (Å²) in [6.45, 7) is 2.55. The standard InChI is InChI=1S/C15H19F2N3O4/c1-2-3-8-24-15(23)18-9-10-4-6-11(7-5-10)13(21)19-20-14(22)12(16)17/h4-7,12H,2-3,8-9H2,1H3,(H,18,23)(H,19,21)(H,20,22). The smallest absolute Gasteiger partial charge is 0.407 e. The van der Waals surface area contributed by atoms with Crippen molar-refractivity contribution in [3.8, 4) is 0 Å². The van der Waals surface area contributed by atoms with Crippen molar-refractivity contribution >= 4 is 17.9 Å². The number of alkyl halides is 2. The van der Waals surface area contributed by atoms with Crippen molar-refractivity contribution in [1.82, 2.24) is 16.2 Å². The molecule has 1 aromatic rings. The molecule has 24 heavy (non-hydrogen) atoms. The lowest BCUT2D eigenvalue weighted by Crippen LogP contribution is -2.44. The van der Waals surface area contributed by atoms with Crippen molar-refractivity contribution in [2.24, 2.45) is 0 Å². The molecule has 3 N–H and O–H groups in total. The summed E-state index contributed by atoms with van der Waals surface area (Å²) in [4.78, 5) is 33.7. The van der Waals surface area contributed by atoms with Crippen molar-refractivity contribution in [2.45, 2.75) is 32.7 Å². The Hall–Kier alpha value is -2.71. The Morgan fingerprint density at radius 3 is 2.38 bits per heavy atom. The van der Waals surface area contributed by atoms with Crippen LogP contribution in [0.3, 0.4) is 0 Å². The second kappa shape index (κ2) is 10.1. The molecule has 0 saturated carbocycles. The van der Waals surface area contributed by atoms with Crippen molar-refractivity contribution in [1.29, 1.82) is 0 Å². The van der Waals surface area contributed by atoms with Gasteiger partial charge in [0.15, 0.2) is 0 Å². The van der Waals surface area contributed by atoms with Crippen LogP contribution >= 0.6 is 0 Å². The molecule has 1 aromatic carbocycles. The van der Waals surface area contributed by atoms with Gasteiger partial charge >= 0.3 is 18.4 Å². The lowest BCUT2D eigenvalue weighted by molar-refractivity contribution is -0.132. The predicted octanol–water partition coefficient (Wildman–Crippen LogP) is 1.74. The Morgan fingerprint density at radius 2 is 1.79 bits per heavy atom. The molecule has 0 aliphatic carbocycles. The van der Waals surface area contributed by atoms with Crippen LogP contribution in [0.1, 0.15) is 35.7 Å². The van der Waals surface area contributed by atoms with Crippen LogP contribution in [0.5, 0.6) is 0 Å². The number of hydrogen-bond donors (Lipinski definition) is 3. The van der Waals surface area contributed by atoms with Crippen LogP contribution in [0.15, 0.2) is 24.3 Å². The highest BCUT2D eigenvalue weighted by atomic mass is 19.3. The van der Waals surface area contributed by atoms with Crippen molar-refractivity contribution < 1.29 is 27.9 Å². The van der Waals surface area contributed by atoms with E-state index in [9.17, 15) is 23.2 Å². The molecule has 0 fully saturated rings. The van der Waals surface area contributed by atoms with Gasteiger partial charge in [0, 0.05) is 12.1 Å². The molecule has 0 aliphatic rings. The van der Waals surface area contributed by atoms with Crippen LogP contribution in [0.4, 0.5) is 13.6 Å². The molecule has 132 valence electrons. The van der Waals surface area contributed by atoms with Crippen LogP contribution in [0, 0.1) is 0 Å². The second-order valence-corrected chi connectivity index (χ2v) is 4.78. The Morgan fingerprint density at radius 1 is 1.12 bits per heavy atom. The maximum atomic E-state index is 12.0. The Labute approximate surface area is 137 Å². The molecule has 3 amide bonds. The molecule has 1 rings (SSSR count). The first-order chi connectivity index (χ1) is 11.4. The van der Waals surface area contributed by atoms with Gasteiger partial charge in [-0.15, -0.1) is 0 Å². The topological polar surface area (TPSA) is 96.5 Å². The molecular formula is C15H19F2N3O4. The molecule has 0 spiro atoms. The first-order valence-corrected chi connectivity index (χ1v) is 7.32. The number of rotatable bonds is 7. The Balaban J connectivity index is 2.41. The lowest BCUT2D eigenvalue weighted by atomic mass is 10.1. The number of benzene rings is 1. The van der Waals surface area contributed by atoms with E-state index in [0.29, 0.717) is 6.61 Å². The van der Waals surface area contributed by atoms with Crippen molar-refractivity contribution in [2.75, 3.05) is 6.61 Å². The highest BCUT2D eigenvalue weighted by molar-refractivity contribution is 5.95. The fourth-order valence-electron chi connectivity index (χ4n) is 1.55. The normalized spacial score (nSPS) is 10.2. The molecular weight excluding hydrogens is 324 g/mol. The third-order valence-electron chi connectivity index (χ3n) is 2.88. The van der Waals surface area contributed by atoms with Gasteiger partial charge in [0.2, 0.25) is 0 Å². The average Bonchev–Trinajstić information content (AvgIpc) is 2.58. The number of halogens is 2. The molecule has 9 heteroatoms. The van der Waals surface area contributed by atoms with E-state index in [2.05, 4.69) is 5.32 Å². The monoisotopic (exact) mass is 343 g/mol. The van der Waals surface area contributed by atoms with Gasteiger partial charge in [-0.1, -0.05) is 25.5 Å². The lowest BCUT2D eigenvalue weighted by Gasteiger charge is -2.08. The number of carbonyl (C=O) groups is 3. The fourth-order valence-corrected chi connectivity index (χ4v) is 1.55. The van der Waals surface area contributed by atoms with E-state index in [0.717, 1.165) is 18.4 Å². The average molecular weight is 343 g/mol. The summed E-state index contributed by atoms with van der Waals surface area (Å²) in [5.74, 6) is -2.33. The third kappa shape index (κ3) is 7.03. The van der Waals surface area contributed by atoms with E-state index in [4.69, 9.17) is 4.74 Å². The summed E-state index contributed by atoms with van der Waals surface area (Å²) >= 11 is 0. The van der Waals surface area contributed by atoms with Crippen LogP contribution in [-0.4, -0.2) is 30.9 Å². The van der Waals surface area contributed by atoms with Gasteiger partial charge in [-0.05, 0) is 24.1 Å². The van der Waals surface area contributed by atoms with E-state index >= 15 is 0 Å². The number of ether oxygens (including phenoxy) is 1. The maximum Gasteiger partial charge on any atom is 0.407 e. The van der Waals surface area contributed by atoms with E-state index in [1.165, 1.54) is 12.1 Å². The van der Waals surface area contributed by atoms with Crippen molar-refractivity contribution in [3.05, 3.63) is 35.4 Å². The molecule has 0 atom stereocenters. The van der Waals surface area contributed by atoms with Gasteiger partial charge < -0.3 is 10.1 Å². The minimum atomic E-state index is -3.21. The zero-order valence-electron chi connectivity index (χ0n) is 13.1. The summed E-state index contributed by atoms with van der Waals surface area (Å²) < 4.78 is 28.9. The molecule has 0 radical (unpaired) electrons. The summed E-state index contributed by atoms with van der Waals surface area (Å²) in [6, 6.07) is 6.03. The Kier molecular flexibility index (Phi) is 8.17. The Bertz CT molecular complexity index is 564. The fraction of sp³-hybridized carbons (Fsp3) is 0.400. The molecule has 0 aromatic heterocycles. The van der Waals surface area contributed by atoms with E-state index in [1.807, 2.05) is 12.3 Å². The van der Waals surface area contributed by atoms with Gasteiger partial charge in [0.1, 0.15) is 0 Å². The number of hydrogen-bond acceptors (Lipinski definition) is 4. The SMILES string of the molecule is CCCCOC(=O)NCc1ccc(C(=O)NNC(=O)C(F)F)cc1. The number of unbranched alkanes of at least 4 members (excludes halogenated alkanes) is 1. The number of hydrazine groups is 1. The minimum Gasteiger partial charge on any atom is -0.450 e. The maximum absolute atomic E-state index is 12.0. The predicted molar refractivity (Wildman–Crippen MR) is 81.2 cm³/mol. The highest BCUT2D eigenvalue weighted by Gasteiger charge is 2.15. The first-order valence-electron chi connectivity index (χ1n) is 7.32. The highest BCUT2D eigenvalue weighted by Crippen LogP contribution is 2.04. The zero-order valence-corrected chi connectivity index (χ0v) is 13.1. The van der Waals surface area contributed by atoms with Gasteiger partial charge in [0.05, 0.1) is 6.61 Å². The summed E-state index contributed by atoms with van der Waals surface area (Å²) in [5, 5.41) is 2.56. The quantitative estimate of drug-likeness (QED) is 0.519. The number of amides is 3. The molecule has 7 nitrogen and oxygen atoms in total. The largest absolute Gasteiger partial charge is 0.450 e.